The Morgan fingerprint density at radius 2 is 1.51 bits per heavy atom. The summed E-state index contributed by atoms with van der Waals surface area (Å²) in [6.45, 7) is 1.72. The van der Waals surface area contributed by atoms with E-state index in [1.807, 2.05) is 0 Å². The molecule has 2 aliphatic carbocycles. The molecule has 1 aliphatic heterocycles. The minimum Gasteiger partial charge on any atom is -0.337 e. The number of hydrogen-bond acceptors (Lipinski definition) is 3. The first-order valence-corrected chi connectivity index (χ1v) is 13.7. The lowest BCUT2D eigenvalue weighted by Gasteiger charge is -2.43. The van der Waals surface area contributed by atoms with Crippen molar-refractivity contribution < 1.29 is 48.3 Å². The normalized spacial score (nSPS) is 24.7. The molecule has 2 aromatic rings. The van der Waals surface area contributed by atoms with Gasteiger partial charge in [-0.25, -0.2) is 17.2 Å². The molecule has 3 aliphatic rings. The average molecular weight is 582 g/mol. The lowest BCUT2D eigenvalue weighted by molar-refractivity contribution is -0.348. The van der Waals surface area contributed by atoms with Gasteiger partial charge in [-0.05, 0) is 67.5 Å². The molecule has 2 fully saturated rings. The molecular weight excluding hydrogens is 558 g/mol. The summed E-state index contributed by atoms with van der Waals surface area (Å²) >= 11 is 0. The smallest absolute Gasteiger partial charge is 0.337 e. The Balaban J connectivity index is 1.71. The van der Waals surface area contributed by atoms with E-state index in [9.17, 15) is 48.3 Å². The van der Waals surface area contributed by atoms with E-state index in [1.54, 1.807) is 6.92 Å². The standard InChI is InChI=1S/C26H23F8NO3S/c1-22(10-11-22)21(36)35-13-12-23(39(37,38)18-6-4-17(27)5-7-18)19-8-3-16(14-15(19)2-9-20(23)35)24(28,25(29,30)31)26(32,33)34/h3-8,14,20H,2,9-13H2,1H3/t20-,23-/m1/s1. The Labute approximate surface area is 218 Å². The maximum atomic E-state index is 14.9. The van der Waals surface area contributed by atoms with Crippen molar-refractivity contribution in [2.24, 2.45) is 5.41 Å². The largest absolute Gasteiger partial charge is 0.435 e. The third kappa shape index (κ3) is 3.81. The molecule has 0 N–H and O–H groups in total. The molecular formula is C26H23F8NO3S. The topological polar surface area (TPSA) is 54.5 Å². The van der Waals surface area contributed by atoms with E-state index < -0.39 is 55.4 Å². The van der Waals surface area contributed by atoms with Crippen LogP contribution in [-0.2, 0) is 31.5 Å². The van der Waals surface area contributed by atoms with Gasteiger partial charge >= 0.3 is 18.0 Å². The second-order valence-electron chi connectivity index (χ2n) is 10.7. The Morgan fingerprint density at radius 3 is 2.05 bits per heavy atom. The second-order valence-corrected chi connectivity index (χ2v) is 12.9. The van der Waals surface area contributed by atoms with Crippen molar-refractivity contribution in [3.8, 4) is 0 Å². The number of alkyl halides is 7. The highest BCUT2D eigenvalue weighted by Crippen LogP contribution is 2.58. The summed E-state index contributed by atoms with van der Waals surface area (Å²) in [5.74, 6) is -0.999. The van der Waals surface area contributed by atoms with Crippen LogP contribution in [0, 0.1) is 11.2 Å². The fraction of sp³-hybridized carbons (Fsp3) is 0.500. The molecule has 1 saturated carbocycles. The molecule has 5 rings (SSSR count). The highest BCUT2D eigenvalue weighted by Gasteiger charge is 2.74. The van der Waals surface area contributed by atoms with Crippen LogP contribution in [-0.4, -0.2) is 44.2 Å². The fourth-order valence-corrected chi connectivity index (χ4v) is 8.41. The molecule has 0 bridgehead atoms. The predicted molar refractivity (Wildman–Crippen MR) is 122 cm³/mol. The minimum atomic E-state index is -6.33. The van der Waals surface area contributed by atoms with Gasteiger partial charge in [0.2, 0.25) is 5.91 Å². The van der Waals surface area contributed by atoms with Gasteiger partial charge in [0.25, 0.3) is 0 Å². The number of fused-ring (bicyclic) bond motifs is 3. The van der Waals surface area contributed by atoms with Crippen LogP contribution in [0.25, 0.3) is 0 Å². The Kier molecular flexibility index (Phi) is 6.00. The number of benzene rings is 2. The number of carbonyl (C=O) groups is 1. The Bertz CT molecular complexity index is 1420. The predicted octanol–water partition coefficient (Wildman–Crippen LogP) is 6.13. The minimum absolute atomic E-state index is 0.0150. The third-order valence-electron chi connectivity index (χ3n) is 8.45. The molecule has 39 heavy (non-hydrogen) atoms. The quantitative estimate of drug-likeness (QED) is 0.323. The van der Waals surface area contributed by atoms with E-state index in [2.05, 4.69) is 0 Å². The molecule has 4 nitrogen and oxygen atoms in total. The maximum absolute atomic E-state index is 14.9. The molecule has 0 spiro atoms. The summed E-state index contributed by atoms with van der Waals surface area (Å²) < 4.78 is 136. The summed E-state index contributed by atoms with van der Waals surface area (Å²) in [6, 6.07) is 4.44. The van der Waals surface area contributed by atoms with Crippen molar-refractivity contribution in [2.45, 2.75) is 72.7 Å². The molecule has 2 aromatic carbocycles. The van der Waals surface area contributed by atoms with Crippen LogP contribution < -0.4 is 0 Å². The molecule has 13 heteroatoms. The Morgan fingerprint density at radius 1 is 0.923 bits per heavy atom. The first kappa shape index (κ1) is 27.9. The molecule has 212 valence electrons. The first-order chi connectivity index (χ1) is 17.9. The number of nitrogens with zero attached hydrogens (tertiary/aromatic N) is 1. The summed E-state index contributed by atoms with van der Waals surface area (Å²) in [7, 11) is -4.49. The van der Waals surface area contributed by atoms with E-state index in [4.69, 9.17) is 0 Å². The van der Waals surface area contributed by atoms with Gasteiger partial charge in [-0.1, -0.05) is 25.1 Å². The van der Waals surface area contributed by atoms with Crippen LogP contribution in [0.2, 0.25) is 0 Å². The number of sulfone groups is 1. The first-order valence-electron chi connectivity index (χ1n) is 12.2. The summed E-state index contributed by atoms with van der Waals surface area (Å²) in [5, 5.41) is 0. The molecule has 2 atom stereocenters. The molecule has 0 aromatic heterocycles. The van der Waals surface area contributed by atoms with Crippen molar-refractivity contribution in [3.63, 3.8) is 0 Å². The summed E-state index contributed by atoms with van der Waals surface area (Å²) in [6.07, 6.45) is -11.9. The average Bonchev–Trinajstić information content (AvgIpc) is 3.47. The zero-order valence-corrected chi connectivity index (χ0v) is 21.3. The van der Waals surface area contributed by atoms with E-state index >= 15 is 0 Å². The van der Waals surface area contributed by atoms with Gasteiger partial charge in [0.05, 0.1) is 10.9 Å². The van der Waals surface area contributed by atoms with E-state index in [-0.39, 0.29) is 47.7 Å². The lowest BCUT2D eigenvalue weighted by atomic mass is 9.76. The SMILES string of the molecule is CC1(C(=O)N2CC[C@@]3(S(=O)(=O)c4ccc(F)cc4)c4ccc(C(F)(C(F)(F)F)C(F)(F)F)cc4CC[C@@H]23)CC1. The highest BCUT2D eigenvalue weighted by atomic mass is 32.2. The Hall–Kier alpha value is -2.70. The molecule has 1 heterocycles. The fourth-order valence-electron chi connectivity index (χ4n) is 6.05. The van der Waals surface area contributed by atoms with Crippen molar-refractivity contribution >= 4 is 15.7 Å². The second kappa shape index (κ2) is 8.40. The van der Waals surface area contributed by atoms with Crippen LogP contribution in [0.4, 0.5) is 35.1 Å². The molecule has 1 amide bonds. The van der Waals surface area contributed by atoms with Gasteiger partial charge in [0, 0.05) is 17.5 Å². The zero-order valence-electron chi connectivity index (χ0n) is 20.5. The van der Waals surface area contributed by atoms with E-state index in [0.29, 0.717) is 25.0 Å². The molecule has 0 radical (unpaired) electrons. The number of likely N-dealkylation sites (tertiary alicyclic amines) is 1. The van der Waals surface area contributed by atoms with Crippen molar-refractivity contribution in [3.05, 3.63) is 65.0 Å². The van der Waals surface area contributed by atoms with Crippen molar-refractivity contribution in [2.75, 3.05) is 6.54 Å². The zero-order chi connectivity index (χ0) is 28.8. The van der Waals surface area contributed by atoms with Gasteiger partial charge in [-0.15, -0.1) is 0 Å². The van der Waals surface area contributed by atoms with Gasteiger partial charge in [0.15, 0.2) is 9.84 Å². The summed E-state index contributed by atoms with van der Waals surface area (Å²) in [5.41, 5.74) is -8.32. The number of amides is 1. The van der Waals surface area contributed by atoms with Gasteiger partial charge < -0.3 is 4.90 Å². The summed E-state index contributed by atoms with van der Waals surface area (Å²) in [4.78, 5) is 14.5. The molecule has 0 unspecified atom stereocenters. The van der Waals surface area contributed by atoms with Crippen LogP contribution in [0.3, 0.4) is 0 Å². The number of hydrogen-bond donors (Lipinski definition) is 0. The molecule has 1 saturated heterocycles. The van der Waals surface area contributed by atoms with Crippen LogP contribution in [0.1, 0.15) is 49.3 Å². The van der Waals surface area contributed by atoms with Gasteiger partial charge in [-0.2, -0.15) is 26.3 Å². The van der Waals surface area contributed by atoms with Crippen molar-refractivity contribution in [1.29, 1.82) is 0 Å². The number of rotatable bonds is 4. The lowest BCUT2D eigenvalue weighted by Crippen LogP contribution is -2.53. The van der Waals surface area contributed by atoms with Gasteiger partial charge in [0.1, 0.15) is 10.6 Å². The van der Waals surface area contributed by atoms with Gasteiger partial charge in [-0.3, -0.25) is 4.79 Å². The number of carbonyl (C=O) groups excluding carboxylic acids is 1. The van der Waals surface area contributed by atoms with Crippen LogP contribution >= 0.6 is 0 Å². The van der Waals surface area contributed by atoms with E-state index in [0.717, 1.165) is 30.3 Å². The number of aryl methyl sites for hydroxylation is 1. The number of halogens is 8. The monoisotopic (exact) mass is 581 g/mol. The third-order valence-corrected chi connectivity index (χ3v) is 11.0. The van der Waals surface area contributed by atoms with Crippen molar-refractivity contribution in [1.82, 2.24) is 4.90 Å². The van der Waals surface area contributed by atoms with Crippen LogP contribution in [0.5, 0.6) is 0 Å². The highest BCUT2D eigenvalue weighted by molar-refractivity contribution is 7.92. The van der Waals surface area contributed by atoms with E-state index in [1.165, 1.54) is 4.90 Å². The maximum Gasteiger partial charge on any atom is 0.435 e. The van der Waals surface area contributed by atoms with Crippen LogP contribution in [0.15, 0.2) is 47.4 Å².